The standard InChI is InChI=1S/C52H60N8O6S2/c1-65-51(63)57-41(21-25-67-3)49(61)59-23-5-7-45(59)47-53-39-19-17-35(29-43(39)55-47)37-27-31-9-13-33(37)15-11-32-10-14-34(16-12-31)38(28-32)36-18-20-40-44(30-36)56-48(54-40)46-8-6-24-60(46)50(62)42(22-26-68-4)58-52(64)66-2/h9-10,13-14,17-20,27-30,41-42,45-46H,5-8,11-12,15-16,21-26H2,1-4H3,(H,53,55)(H,54,56)(H,57,63)(H,58,64)/t41-,42-,45-,46-/m0/s1. The van der Waals surface area contributed by atoms with Crippen LogP contribution in [0.5, 0.6) is 0 Å². The third-order valence-corrected chi connectivity index (χ3v) is 15.1. The maximum Gasteiger partial charge on any atom is 0.407 e. The number of aryl methyl sites for hydroxylation is 4. The number of nitrogens with zero attached hydrogens (tertiary/aromatic N) is 4. The van der Waals surface area contributed by atoms with Crippen LogP contribution in [-0.2, 0) is 44.7 Å². The summed E-state index contributed by atoms with van der Waals surface area (Å²) in [6.07, 6.45) is 10.6. The van der Waals surface area contributed by atoms with Gasteiger partial charge in [0.1, 0.15) is 23.7 Å². The number of aromatic nitrogens is 4. The number of thioether (sulfide) groups is 2. The molecule has 6 aromatic rings. The van der Waals surface area contributed by atoms with Crippen LogP contribution < -0.4 is 10.6 Å². The molecule has 4 heterocycles. The maximum absolute atomic E-state index is 13.9. The summed E-state index contributed by atoms with van der Waals surface area (Å²) >= 11 is 3.27. The highest BCUT2D eigenvalue weighted by Gasteiger charge is 2.38. The van der Waals surface area contributed by atoms with E-state index in [4.69, 9.17) is 19.4 Å². The molecule has 12 rings (SSSR count). The first-order chi connectivity index (χ1) is 33.1. The molecule has 0 saturated carbocycles. The van der Waals surface area contributed by atoms with Crippen LogP contribution in [-0.4, -0.2) is 117 Å². The van der Waals surface area contributed by atoms with Crippen LogP contribution in [0, 0.1) is 0 Å². The van der Waals surface area contributed by atoms with Gasteiger partial charge in [-0.2, -0.15) is 23.5 Å². The van der Waals surface area contributed by atoms with Crippen LogP contribution >= 0.6 is 23.5 Å². The number of nitrogens with one attached hydrogen (secondary N) is 4. The largest absolute Gasteiger partial charge is 0.453 e. The van der Waals surface area contributed by atoms with E-state index in [0.29, 0.717) is 25.9 Å². The summed E-state index contributed by atoms with van der Waals surface area (Å²) in [7, 11) is 2.63. The van der Waals surface area contributed by atoms with E-state index in [1.165, 1.54) is 47.6 Å². The summed E-state index contributed by atoms with van der Waals surface area (Å²) in [5.74, 6) is 2.79. The topological polar surface area (TPSA) is 175 Å². The van der Waals surface area contributed by atoms with Crippen molar-refractivity contribution in [3.8, 4) is 22.3 Å². The Morgan fingerprint density at radius 3 is 1.49 bits per heavy atom. The van der Waals surface area contributed by atoms with Crippen LogP contribution in [0.25, 0.3) is 44.3 Å². The second kappa shape index (κ2) is 21.1. The van der Waals surface area contributed by atoms with Gasteiger partial charge in [0.15, 0.2) is 0 Å². The lowest BCUT2D eigenvalue weighted by atomic mass is 9.87. The van der Waals surface area contributed by atoms with Crippen molar-refractivity contribution in [2.75, 3.05) is 51.3 Å². The number of alkyl carbamates (subject to hydrolysis) is 2. The zero-order chi connectivity index (χ0) is 47.3. The molecule has 4 aromatic carbocycles. The van der Waals surface area contributed by atoms with Crippen molar-refractivity contribution in [3.05, 3.63) is 107 Å². The highest BCUT2D eigenvalue weighted by Crippen LogP contribution is 2.37. The minimum atomic E-state index is -0.662. The number of carbonyl (C=O) groups excluding carboxylic acids is 4. The molecule has 4 bridgehead atoms. The number of likely N-dealkylation sites (tertiary alicyclic amines) is 2. The van der Waals surface area contributed by atoms with Gasteiger partial charge >= 0.3 is 12.2 Å². The van der Waals surface area contributed by atoms with Crippen molar-refractivity contribution in [2.24, 2.45) is 0 Å². The van der Waals surface area contributed by atoms with Crippen LogP contribution in [0.4, 0.5) is 9.59 Å². The van der Waals surface area contributed by atoms with Gasteiger partial charge in [-0.1, -0.05) is 48.5 Å². The minimum Gasteiger partial charge on any atom is -0.453 e. The molecule has 16 heteroatoms. The Hall–Kier alpha value is -6.00. The van der Waals surface area contributed by atoms with Crippen molar-refractivity contribution in [2.45, 2.75) is 88.4 Å². The van der Waals surface area contributed by atoms with Gasteiger partial charge in [0.25, 0.3) is 0 Å². The van der Waals surface area contributed by atoms with E-state index < -0.39 is 24.3 Å². The number of imidazole rings is 2. The smallest absolute Gasteiger partial charge is 0.407 e. The number of fused-ring (bicyclic) bond motifs is 2. The molecule has 68 heavy (non-hydrogen) atoms. The van der Waals surface area contributed by atoms with Crippen LogP contribution in [0.1, 0.15) is 84.5 Å². The lowest BCUT2D eigenvalue weighted by Crippen LogP contribution is -2.48. The number of ether oxygens (including phenoxy) is 2. The molecule has 2 aromatic heterocycles. The quantitative estimate of drug-likeness (QED) is 0.0826. The predicted octanol–water partition coefficient (Wildman–Crippen LogP) is 8.94. The first-order valence-electron chi connectivity index (χ1n) is 23.7. The second-order valence-corrected chi connectivity index (χ2v) is 20.0. The van der Waals surface area contributed by atoms with Crippen molar-refractivity contribution >= 4 is 69.6 Å². The first kappa shape index (κ1) is 47.1. The third-order valence-electron chi connectivity index (χ3n) is 13.8. The summed E-state index contributed by atoms with van der Waals surface area (Å²) in [6.45, 7) is 1.21. The highest BCUT2D eigenvalue weighted by atomic mass is 32.2. The molecular formula is C52H60N8O6S2. The molecule has 2 saturated heterocycles. The zero-order valence-corrected chi connectivity index (χ0v) is 40.8. The van der Waals surface area contributed by atoms with E-state index in [1.54, 1.807) is 23.5 Å². The van der Waals surface area contributed by atoms with Gasteiger partial charge in [-0.25, -0.2) is 19.6 Å². The van der Waals surface area contributed by atoms with Gasteiger partial charge in [-0.15, -0.1) is 0 Å². The Labute approximate surface area is 405 Å². The molecule has 4 N–H and O–H groups in total. The molecule has 4 atom stereocenters. The highest BCUT2D eigenvalue weighted by molar-refractivity contribution is 7.98. The van der Waals surface area contributed by atoms with E-state index in [-0.39, 0.29) is 23.9 Å². The SMILES string of the molecule is COC(=O)N[C@@H](CCSC)C(=O)N1CCC[C@H]1c1nc2ccc(-c3cc4ccc3CCc3ccc(c(-c5ccc6nc([C@@H]7CCCN7C(=O)[C@H](CCSC)NC(=O)OC)[nH]c6c5)c3)CC4)cc2[nH]1. The number of benzene rings is 4. The average Bonchev–Trinajstić information content (AvgIpc) is 4.20. The fraction of sp³-hybridized carbons (Fsp3) is 0.423. The predicted molar refractivity (Wildman–Crippen MR) is 270 cm³/mol. The fourth-order valence-corrected chi connectivity index (χ4v) is 11.2. The van der Waals surface area contributed by atoms with Gasteiger partial charge in [0.2, 0.25) is 11.8 Å². The molecule has 6 aliphatic rings. The summed E-state index contributed by atoms with van der Waals surface area (Å²) in [5, 5.41) is 5.52. The van der Waals surface area contributed by atoms with E-state index in [2.05, 4.69) is 93.4 Å². The molecule has 2 fully saturated rings. The van der Waals surface area contributed by atoms with Crippen LogP contribution in [0.3, 0.4) is 0 Å². The number of aromatic amines is 2. The monoisotopic (exact) mass is 956 g/mol. The number of hydrogen-bond acceptors (Lipinski definition) is 10. The van der Waals surface area contributed by atoms with Gasteiger partial charge in [-0.3, -0.25) is 9.59 Å². The van der Waals surface area contributed by atoms with Gasteiger partial charge in [0, 0.05) is 13.1 Å². The number of hydrogen-bond donors (Lipinski definition) is 4. The molecule has 4 aliphatic carbocycles. The average molecular weight is 957 g/mol. The summed E-state index contributed by atoms with van der Waals surface area (Å²) in [6, 6.07) is 25.0. The number of rotatable bonds is 14. The molecular weight excluding hydrogens is 897 g/mol. The Morgan fingerprint density at radius 1 is 0.632 bits per heavy atom. The lowest BCUT2D eigenvalue weighted by Gasteiger charge is -2.28. The second-order valence-electron chi connectivity index (χ2n) is 18.0. The van der Waals surface area contributed by atoms with Crippen molar-refractivity contribution in [1.82, 2.24) is 40.4 Å². The van der Waals surface area contributed by atoms with Gasteiger partial charge in [-0.05, 0) is 157 Å². The van der Waals surface area contributed by atoms with E-state index in [0.717, 1.165) is 108 Å². The maximum atomic E-state index is 13.9. The Bertz CT molecular complexity index is 2640. The Morgan fingerprint density at radius 2 is 1.07 bits per heavy atom. The zero-order valence-electron chi connectivity index (χ0n) is 39.2. The summed E-state index contributed by atoms with van der Waals surface area (Å²) < 4.78 is 9.69. The van der Waals surface area contributed by atoms with Gasteiger partial charge in [0.05, 0.1) is 48.4 Å². The summed E-state index contributed by atoms with van der Waals surface area (Å²) in [4.78, 5) is 73.0. The minimum absolute atomic E-state index is 0.108. The van der Waals surface area contributed by atoms with Crippen LogP contribution in [0.2, 0.25) is 0 Å². The molecule has 14 nitrogen and oxygen atoms in total. The fourth-order valence-electron chi connectivity index (χ4n) is 10.2. The number of methoxy groups -OCH3 is 2. The number of carbonyl (C=O) groups is 4. The normalized spacial score (nSPS) is 17.8. The summed E-state index contributed by atoms with van der Waals surface area (Å²) in [5.41, 5.74) is 13.4. The molecule has 356 valence electrons. The van der Waals surface area contributed by atoms with E-state index in [9.17, 15) is 19.2 Å². The first-order valence-corrected chi connectivity index (χ1v) is 26.4. The van der Waals surface area contributed by atoms with Crippen molar-refractivity contribution < 1.29 is 28.7 Å². The van der Waals surface area contributed by atoms with Crippen LogP contribution in [0.15, 0.2) is 72.8 Å². The number of H-pyrrole nitrogens is 2. The Balaban J connectivity index is 0.931. The van der Waals surface area contributed by atoms with Gasteiger partial charge < -0.3 is 39.9 Å². The molecule has 0 spiro atoms. The van der Waals surface area contributed by atoms with E-state index in [1.807, 2.05) is 22.3 Å². The van der Waals surface area contributed by atoms with Crippen molar-refractivity contribution in [3.63, 3.8) is 0 Å². The molecule has 0 unspecified atom stereocenters. The lowest BCUT2D eigenvalue weighted by molar-refractivity contribution is -0.135. The Kier molecular flexibility index (Phi) is 14.6. The number of amides is 4. The van der Waals surface area contributed by atoms with E-state index >= 15 is 0 Å². The van der Waals surface area contributed by atoms with Crippen molar-refractivity contribution in [1.29, 1.82) is 0 Å². The third kappa shape index (κ3) is 10.1. The molecule has 4 amide bonds. The molecule has 2 aliphatic heterocycles. The molecule has 0 radical (unpaired) electrons.